The van der Waals surface area contributed by atoms with Gasteiger partial charge in [-0.15, -0.1) is 0 Å². The second kappa shape index (κ2) is 6.20. The summed E-state index contributed by atoms with van der Waals surface area (Å²) in [5, 5.41) is 1.64. The predicted molar refractivity (Wildman–Crippen MR) is 97.2 cm³/mol. The molecule has 1 aromatic heterocycles. The van der Waals surface area contributed by atoms with Crippen LogP contribution in [0.3, 0.4) is 0 Å². The lowest BCUT2D eigenvalue weighted by Gasteiger charge is -2.36. The fourth-order valence-electron chi connectivity index (χ4n) is 2.92. The largest absolute Gasteiger partial charge is 0.346 e. The van der Waals surface area contributed by atoms with Gasteiger partial charge in [0.15, 0.2) is 5.13 Å². The fraction of sp³-hybridized carbons (Fsp3) is 0.533. The van der Waals surface area contributed by atoms with Crippen molar-refractivity contribution in [3.8, 4) is 0 Å². The molecular weight excluding hydrogens is 354 g/mol. The Morgan fingerprint density at radius 1 is 1.43 bits per heavy atom. The lowest BCUT2D eigenvalue weighted by Crippen LogP contribution is -2.48. The summed E-state index contributed by atoms with van der Waals surface area (Å²) in [7, 11) is -1.52. The van der Waals surface area contributed by atoms with Gasteiger partial charge in [0.25, 0.3) is 0 Å². The third-order valence-electron chi connectivity index (χ3n) is 4.39. The summed E-state index contributed by atoms with van der Waals surface area (Å²) in [6, 6.07) is 3.87. The van der Waals surface area contributed by atoms with Crippen LogP contribution < -0.4 is 4.90 Å². The highest BCUT2D eigenvalue weighted by molar-refractivity contribution is 7.88. The minimum atomic E-state index is -3.18. The maximum Gasteiger partial charge on any atom is 0.211 e. The molecule has 1 fully saturated rings. The van der Waals surface area contributed by atoms with Crippen molar-refractivity contribution in [2.45, 2.75) is 25.8 Å². The zero-order chi connectivity index (χ0) is 16.8. The van der Waals surface area contributed by atoms with Gasteiger partial charge in [-0.25, -0.2) is 17.7 Å². The van der Waals surface area contributed by atoms with E-state index in [-0.39, 0.29) is 6.04 Å². The minimum Gasteiger partial charge on any atom is -0.346 e. The van der Waals surface area contributed by atoms with Crippen LogP contribution in [0.15, 0.2) is 12.1 Å². The second-order valence-electron chi connectivity index (χ2n) is 6.06. The number of hydrogen-bond acceptors (Lipinski definition) is 5. The highest BCUT2D eigenvalue weighted by Crippen LogP contribution is 2.36. The Morgan fingerprint density at radius 2 is 2.17 bits per heavy atom. The minimum absolute atomic E-state index is 0.0117. The number of nitrogens with zero attached hydrogens (tertiary/aromatic N) is 3. The van der Waals surface area contributed by atoms with Crippen molar-refractivity contribution >= 4 is 48.3 Å². The summed E-state index contributed by atoms with van der Waals surface area (Å²) in [4.78, 5) is 6.92. The van der Waals surface area contributed by atoms with E-state index in [1.165, 1.54) is 10.6 Å². The van der Waals surface area contributed by atoms with Crippen molar-refractivity contribution in [1.82, 2.24) is 9.29 Å². The third kappa shape index (κ3) is 3.33. The monoisotopic (exact) mass is 373 g/mol. The first-order valence-corrected chi connectivity index (χ1v) is 10.6. The van der Waals surface area contributed by atoms with Gasteiger partial charge >= 0.3 is 0 Å². The second-order valence-corrected chi connectivity index (χ2v) is 9.49. The van der Waals surface area contributed by atoms with Gasteiger partial charge in [0.05, 0.1) is 21.5 Å². The number of benzene rings is 1. The van der Waals surface area contributed by atoms with Gasteiger partial charge in [-0.3, -0.25) is 0 Å². The Hall–Kier alpha value is -0.890. The number of sulfonamides is 1. The van der Waals surface area contributed by atoms with Gasteiger partial charge in [0.2, 0.25) is 10.0 Å². The van der Waals surface area contributed by atoms with Gasteiger partial charge in [0, 0.05) is 26.2 Å². The smallest absolute Gasteiger partial charge is 0.211 e. The molecular formula is C15H20ClN3O2S2. The number of aryl methyl sites for hydroxylation is 1. The number of likely N-dealkylation sites (N-methyl/N-ethyl adjacent to an activating group) is 1. The summed E-state index contributed by atoms with van der Waals surface area (Å²) in [6.45, 7) is 3.59. The number of aromatic nitrogens is 1. The Morgan fingerprint density at radius 3 is 2.83 bits per heavy atom. The molecule has 0 N–H and O–H groups in total. The first-order valence-electron chi connectivity index (χ1n) is 7.51. The Bertz CT molecular complexity index is 796. The Labute approximate surface area is 145 Å². The van der Waals surface area contributed by atoms with Crippen LogP contribution in [0.25, 0.3) is 10.2 Å². The molecule has 0 spiro atoms. The molecule has 0 aliphatic carbocycles. The number of hydrogen-bond donors (Lipinski definition) is 0. The molecule has 0 radical (unpaired) electrons. The summed E-state index contributed by atoms with van der Waals surface area (Å²) in [5.74, 6) is 0. The summed E-state index contributed by atoms with van der Waals surface area (Å²) in [5.41, 5.74) is 2.05. The molecule has 0 amide bonds. The van der Waals surface area contributed by atoms with Crippen LogP contribution in [0.5, 0.6) is 0 Å². The van der Waals surface area contributed by atoms with Gasteiger partial charge in [-0.1, -0.05) is 29.0 Å². The van der Waals surface area contributed by atoms with Crippen molar-refractivity contribution in [2.75, 3.05) is 31.3 Å². The molecule has 23 heavy (non-hydrogen) atoms. The molecule has 1 unspecified atom stereocenters. The molecule has 3 rings (SSSR count). The SMILES string of the molecule is Cc1ccc(Cl)c2sc(N3CCCC(N(C)S(C)(=O)=O)C3)nc12. The first-order chi connectivity index (χ1) is 10.8. The lowest BCUT2D eigenvalue weighted by molar-refractivity contribution is 0.322. The third-order valence-corrected chi connectivity index (χ3v) is 7.31. The maximum atomic E-state index is 11.8. The molecule has 0 bridgehead atoms. The van der Waals surface area contributed by atoms with E-state index in [0.717, 1.165) is 45.3 Å². The zero-order valence-corrected chi connectivity index (χ0v) is 15.8. The molecule has 8 heteroatoms. The summed E-state index contributed by atoms with van der Waals surface area (Å²) < 4.78 is 26.0. The van der Waals surface area contributed by atoms with Crippen molar-refractivity contribution in [2.24, 2.45) is 0 Å². The molecule has 1 aliphatic heterocycles. The molecule has 1 atom stereocenters. The van der Waals surface area contributed by atoms with Crippen LogP contribution in [-0.2, 0) is 10.0 Å². The maximum absolute atomic E-state index is 11.8. The number of rotatable bonds is 3. The highest BCUT2D eigenvalue weighted by Gasteiger charge is 2.29. The average molecular weight is 374 g/mol. The summed E-state index contributed by atoms with van der Waals surface area (Å²) in [6.07, 6.45) is 3.09. The molecule has 126 valence electrons. The molecule has 0 saturated carbocycles. The van der Waals surface area contributed by atoms with E-state index in [1.807, 2.05) is 19.1 Å². The number of piperidine rings is 1. The number of thiazole rings is 1. The molecule has 5 nitrogen and oxygen atoms in total. The van der Waals surface area contributed by atoms with E-state index in [1.54, 1.807) is 18.4 Å². The average Bonchev–Trinajstić information content (AvgIpc) is 2.96. The predicted octanol–water partition coefficient (Wildman–Crippen LogP) is 3.12. The van der Waals surface area contributed by atoms with Crippen LogP contribution in [0.4, 0.5) is 5.13 Å². The van der Waals surface area contributed by atoms with E-state index >= 15 is 0 Å². The number of fused-ring (bicyclic) bond motifs is 1. The van der Waals surface area contributed by atoms with Crippen molar-refractivity contribution in [3.63, 3.8) is 0 Å². The lowest BCUT2D eigenvalue weighted by atomic mass is 10.1. The first kappa shape index (κ1) is 17.0. The number of anilines is 1. The fourth-order valence-corrected chi connectivity index (χ4v) is 4.99. The van der Waals surface area contributed by atoms with Crippen LogP contribution >= 0.6 is 22.9 Å². The highest BCUT2D eigenvalue weighted by atomic mass is 35.5. The van der Waals surface area contributed by atoms with E-state index in [4.69, 9.17) is 16.6 Å². The van der Waals surface area contributed by atoms with E-state index in [2.05, 4.69) is 4.90 Å². The molecule has 1 aliphatic rings. The van der Waals surface area contributed by atoms with Crippen molar-refractivity contribution < 1.29 is 8.42 Å². The van der Waals surface area contributed by atoms with Gasteiger partial charge in [-0.2, -0.15) is 0 Å². The van der Waals surface area contributed by atoms with Crippen LogP contribution in [0.2, 0.25) is 5.02 Å². The quantitative estimate of drug-likeness (QED) is 0.829. The topological polar surface area (TPSA) is 53.5 Å². The van der Waals surface area contributed by atoms with Crippen LogP contribution in [-0.4, -0.2) is 50.1 Å². The van der Waals surface area contributed by atoms with E-state index in [0.29, 0.717) is 6.54 Å². The van der Waals surface area contributed by atoms with Crippen LogP contribution in [0.1, 0.15) is 18.4 Å². The van der Waals surface area contributed by atoms with Gasteiger partial charge in [0.1, 0.15) is 0 Å². The van der Waals surface area contributed by atoms with Crippen LogP contribution in [0, 0.1) is 6.92 Å². The molecule has 2 heterocycles. The molecule has 1 saturated heterocycles. The zero-order valence-electron chi connectivity index (χ0n) is 13.4. The Kier molecular flexibility index (Phi) is 4.57. The number of halogens is 1. The normalized spacial score (nSPS) is 19.7. The molecule has 1 aromatic carbocycles. The molecule has 2 aromatic rings. The van der Waals surface area contributed by atoms with E-state index < -0.39 is 10.0 Å². The van der Waals surface area contributed by atoms with Crippen molar-refractivity contribution in [1.29, 1.82) is 0 Å². The summed E-state index contributed by atoms with van der Waals surface area (Å²) >= 11 is 7.87. The van der Waals surface area contributed by atoms with Gasteiger partial charge in [-0.05, 0) is 31.4 Å². The Balaban J connectivity index is 1.90. The van der Waals surface area contributed by atoms with Gasteiger partial charge < -0.3 is 4.90 Å². The van der Waals surface area contributed by atoms with E-state index in [9.17, 15) is 8.42 Å². The standard InChI is InChI=1S/C15H20ClN3O2S2/c1-10-6-7-12(16)14-13(10)17-15(22-14)19-8-4-5-11(9-19)18(2)23(3,20)21/h6-7,11H,4-5,8-9H2,1-3H3. The van der Waals surface area contributed by atoms with Crippen molar-refractivity contribution in [3.05, 3.63) is 22.7 Å².